The van der Waals surface area contributed by atoms with E-state index in [-0.39, 0.29) is 12.2 Å². The number of hydrogen-bond acceptors (Lipinski definition) is 4. The van der Waals surface area contributed by atoms with Gasteiger partial charge in [-0.15, -0.1) is 0 Å². The number of carbonyl (C=O) groups is 2. The Balaban J connectivity index is 1.96. The van der Waals surface area contributed by atoms with Gasteiger partial charge >= 0.3 is 5.97 Å². The van der Waals surface area contributed by atoms with Gasteiger partial charge < -0.3 is 9.67 Å². The topological polar surface area (TPSA) is 105 Å². The van der Waals surface area contributed by atoms with E-state index >= 15 is 0 Å². The van der Waals surface area contributed by atoms with Crippen LogP contribution in [0.25, 0.3) is 0 Å². The number of sulfonamides is 1. The average Bonchev–Trinajstić information content (AvgIpc) is 2.95. The van der Waals surface area contributed by atoms with Crippen molar-refractivity contribution in [2.45, 2.75) is 19.8 Å². The predicted molar refractivity (Wildman–Crippen MR) is 124 cm³/mol. The number of rotatable bonds is 8. The first-order valence-corrected chi connectivity index (χ1v) is 12.0. The number of carboxylic acid groups (broad SMARTS) is 1. The molecule has 0 saturated carbocycles. The van der Waals surface area contributed by atoms with E-state index in [1.165, 1.54) is 6.07 Å². The number of anilines is 1. The largest absolute Gasteiger partial charge is 0.481 e. The van der Waals surface area contributed by atoms with E-state index in [2.05, 4.69) is 4.72 Å². The van der Waals surface area contributed by atoms with Crippen molar-refractivity contribution in [3.63, 3.8) is 0 Å². The Labute approximate surface area is 191 Å². The smallest absolute Gasteiger partial charge is 0.307 e. The average molecular weight is 475 g/mol. The molecule has 0 fully saturated rings. The summed E-state index contributed by atoms with van der Waals surface area (Å²) in [5.41, 5.74) is 4.22. The van der Waals surface area contributed by atoms with Crippen molar-refractivity contribution >= 4 is 39.1 Å². The van der Waals surface area contributed by atoms with Gasteiger partial charge in [0.25, 0.3) is 0 Å². The van der Waals surface area contributed by atoms with Crippen molar-refractivity contribution < 1.29 is 23.1 Å². The van der Waals surface area contributed by atoms with Crippen molar-refractivity contribution in [1.82, 2.24) is 4.57 Å². The predicted octanol–water partition coefficient (Wildman–Crippen LogP) is 3.81. The molecule has 2 N–H and O–H groups in total. The van der Waals surface area contributed by atoms with E-state index in [1.54, 1.807) is 48.0 Å². The first-order valence-electron chi connectivity index (χ1n) is 9.71. The molecule has 0 radical (unpaired) electrons. The van der Waals surface area contributed by atoms with Gasteiger partial charge in [-0.25, -0.2) is 8.42 Å². The van der Waals surface area contributed by atoms with Gasteiger partial charge in [0.2, 0.25) is 15.8 Å². The second-order valence-corrected chi connectivity index (χ2v) is 9.85. The first-order chi connectivity index (χ1) is 14.9. The molecule has 0 saturated heterocycles. The number of nitrogens with one attached hydrogen (secondary N) is 1. The minimum atomic E-state index is -3.49. The van der Waals surface area contributed by atoms with Gasteiger partial charge in [-0.2, -0.15) is 0 Å². The second-order valence-electron chi connectivity index (χ2n) is 7.67. The van der Waals surface area contributed by atoms with Gasteiger partial charge in [0.05, 0.1) is 18.4 Å². The Bertz CT molecular complexity index is 1290. The molecule has 0 aliphatic rings. The maximum Gasteiger partial charge on any atom is 0.307 e. The summed E-state index contributed by atoms with van der Waals surface area (Å²) in [6, 6.07) is 13.4. The van der Waals surface area contributed by atoms with Crippen LogP contribution in [-0.2, 0) is 34.7 Å². The molecule has 0 amide bonds. The number of aliphatic carboxylic acids is 1. The van der Waals surface area contributed by atoms with Crippen molar-refractivity contribution in [2.75, 3.05) is 11.0 Å². The zero-order valence-electron chi connectivity index (χ0n) is 17.8. The third-order valence-corrected chi connectivity index (χ3v) is 5.93. The Morgan fingerprint density at radius 3 is 2.31 bits per heavy atom. The Hall–Kier alpha value is -3.10. The zero-order valence-corrected chi connectivity index (χ0v) is 19.4. The Kier molecular flexibility index (Phi) is 6.76. The van der Waals surface area contributed by atoms with Crippen LogP contribution >= 0.6 is 11.6 Å². The molecule has 9 heteroatoms. The lowest BCUT2D eigenvalue weighted by Crippen LogP contribution is -2.12. The molecule has 3 rings (SSSR count). The quantitative estimate of drug-likeness (QED) is 0.483. The molecule has 0 unspecified atom stereocenters. The van der Waals surface area contributed by atoms with Crippen molar-refractivity contribution in [3.8, 4) is 0 Å². The molecule has 1 heterocycles. The summed E-state index contributed by atoms with van der Waals surface area (Å²) in [4.78, 5) is 24.4. The fourth-order valence-electron chi connectivity index (χ4n) is 3.66. The van der Waals surface area contributed by atoms with E-state index in [4.69, 9.17) is 11.6 Å². The number of carboxylic acids is 1. The van der Waals surface area contributed by atoms with Crippen molar-refractivity contribution in [2.24, 2.45) is 7.05 Å². The summed E-state index contributed by atoms with van der Waals surface area (Å²) in [6.45, 7) is 1.85. The van der Waals surface area contributed by atoms with Gasteiger partial charge in [0.15, 0.2) is 0 Å². The highest BCUT2D eigenvalue weighted by Gasteiger charge is 2.20. The Morgan fingerprint density at radius 1 is 1.06 bits per heavy atom. The lowest BCUT2D eigenvalue weighted by atomic mass is 9.99. The van der Waals surface area contributed by atoms with Gasteiger partial charge in [-0.05, 0) is 66.1 Å². The number of nitrogens with zero attached hydrogens (tertiary/aromatic N) is 1. The van der Waals surface area contributed by atoms with Crippen LogP contribution in [0.5, 0.6) is 0 Å². The fraction of sp³-hybridized carbons (Fsp3) is 0.217. The minimum absolute atomic E-state index is 0.133. The van der Waals surface area contributed by atoms with Crippen LogP contribution in [0.4, 0.5) is 5.69 Å². The molecule has 0 atom stereocenters. The SMILES string of the molecule is Cc1cc(Cc2ccc(NS(C)(=O)=O)cc2CC(=O)O)n(C)c1C(=O)c1ccc(Cl)cc1. The minimum Gasteiger partial charge on any atom is -0.481 e. The number of benzene rings is 2. The standard InChI is InChI=1S/C23H23ClN2O5S/c1-14-10-20(26(2)22(14)23(29)15-4-7-18(24)8-5-15)12-16-6-9-19(25-32(3,30)31)11-17(16)13-21(27)28/h4-11,25H,12-13H2,1-3H3,(H,27,28). The van der Waals surface area contributed by atoms with Crippen molar-refractivity contribution in [3.05, 3.63) is 87.2 Å². The van der Waals surface area contributed by atoms with Gasteiger partial charge in [0.1, 0.15) is 0 Å². The molecule has 168 valence electrons. The molecule has 0 bridgehead atoms. The van der Waals surface area contributed by atoms with Gasteiger partial charge in [0, 0.05) is 35.4 Å². The first kappa shape index (κ1) is 23.6. The van der Waals surface area contributed by atoms with Crippen LogP contribution in [0.15, 0.2) is 48.5 Å². The summed E-state index contributed by atoms with van der Waals surface area (Å²) < 4.78 is 27.2. The number of aryl methyl sites for hydroxylation is 1. The number of aromatic nitrogens is 1. The third kappa shape index (κ3) is 5.57. The van der Waals surface area contributed by atoms with Gasteiger partial charge in [-0.3, -0.25) is 14.3 Å². The molecule has 32 heavy (non-hydrogen) atoms. The molecule has 3 aromatic rings. The number of halogens is 1. The summed E-state index contributed by atoms with van der Waals surface area (Å²) in [5.74, 6) is -1.16. The van der Waals surface area contributed by atoms with E-state index in [1.807, 2.05) is 13.0 Å². The van der Waals surface area contributed by atoms with Crippen LogP contribution in [0, 0.1) is 6.92 Å². The van der Waals surface area contributed by atoms with E-state index in [0.29, 0.717) is 34.0 Å². The fourth-order valence-corrected chi connectivity index (χ4v) is 4.34. The summed E-state index contributed by atoms with van der Waals surface area (Å²) >= 11 is 5.92. The normalized spacial score (nSPS) is 11.4. The maximum atomic E-state index is 13.0. The van der Waals surface area contributed by atoms with Crippen LogP contribution < -0.4 is 4.72 Å². The lowest BCUT2D eigenvalue weighted by Gasteiger charge is -2.13. The van der Waals surface area contributed by atoms with Crippen LogP contribution in [0.2, 0.25) is 5.02 Å². The summed E-state index contributed by atoms with van der Waals surface area (Å²) in [6.07, 6.45) is 1.16. The highest BCUT2D eigenvalue weighted by atomic mass is 35.5. The van der Waals surface area contributed by atoms with Crippen LogP contribution in [0.3, 0.4) is 0 Å². The summed E-state index contributed by atoms with van der Waals surface area (Å²) in [7, 11) is -1.70. The van der Waals surface area contributed by atoms with Crippen LogP contribution in [0.1, 0.15) is 38.4 Å². The number of carbonyl (C=O) groups excluding carboxylic acids is 1. The summed E-state index contributed by atoms with van der Waals surface area (Å²) in [5, 5.41) is 9.85. The molecule has 0 aliphatic carbocycles. The van der Waals surface area contributed by atoms with Gasteiger partial charge in [-0.1, -0.05) is 17.7 Å². The molecule has 0 aliphatic heterocycles. The monoisotopic (exact) mass is 474 g/mol. The highest BCUT2D eigenvalue weighted by molar-refractivity contribution is 7.92. The molecule has 0 spiro atoms. The zero-order chi connectivity index (χ0) is 23.6. The van der Waals surface area contributed by atoms with Crippen LogP contribution in [-0.4, -0.2) is 36.1 Å². The van der Waals surface area contributed by atoms with E-state index in [0.717, 1.165) is 23.1 Å². The molecule has 7 nitrogen and oxygen atoms in total. The maximum absolute atomic E-state index is 13.0. The molecular weight excluding hydrogens is 452 g/mol. The van der Waals surface area contributed by atoms with E-state index in [9.17, 15) is 23.1 Å². The second kappa shape index (κ2) is 9.18. The van der Waals surface area contributed by atoms with Crippen molar-refractivity contribution in [1.29, 1.82) is 0 Å². The molecule has 1 aromatic heterocycles. The third-order valence-electron chi connectivity index (χ3n) is 5.07. The molecule has 2 aromatic carbocycles. The number of hydrogen-bond donors (Lipinski definition) is 2. The molecular formula is C23H23ClN2O5S. The highest BCUT2D eigenvalue weighted by Crippen LogP contribution is 2.25. The number of ketones is 1. The Morgan fingerprint density at radius 2 is 1.72 bits per heavy atom. The van der Waals surface area contributed by atoms with E-state index < -0.39 is 16.0 Å². The lowest BCUT2D eigenvalue weighted by molar-refractivity contribution is -0.136.